The van der Waals surface area contributed by atoms with Crippen molar-refractivity contribution in [3.05, 3.63) is 40.3 Å². The van der Waals surface area contributed by atoms with Gasteiger partial charge in [-0.25, -0.2) is 9.78 Å². The molecule has 2 aromatic rings. The number of rotatable bonds is 3. The van der Waals surface area contributed by atoms with Crippen LogP contribution in [0, 0.1) is 23.7 Å². The van der Waals surface area contributed by atoms with Crippen LogP contribution in [0.1, 0.15) is 74.3 Å². The molecule has 0 radical (unpaired) electrons. The van der Waals surface area contributed by atoms with E-state index in [4.69, 9.17) is 0 Å². The molecule has 1 aromatic carbocycles. The number of aromatic carboxylic acids is 1. The van der Waals surface area contributed by atoms with Gasteiger partial charge in [-0.05, 0) is 87.2 Å². The molecule has 8 atom stereocenters. The summed E-state index contributed by atoms with van der Waals surface area (Å²) in [7, 11) is 0. The van der Waals surface area contributed by atoms with Crippen molar-refractivity contribution >= 4 is 17.0 Å². The third-order valence-corrected chi connectivity index (χ3v) is 9.78. The zero-order chi connectivity index (χ0) is 21.6. The minimum atomic E-state index is -1.23. The lowest BCUT2D eigenvalue weighted by atomic mass is 9.43. The van der Waals surface area contributed by atoms with Crippen molar-refractivity contribution in [3.63, 3.8) is 0 Å². The maximum absolute atomic E-state index is 13.3. The van der Waals surface area contributed by atoms with Gasteiger partial charge >= 0.3 is 5.97 Å². The zero-order valence-electron chi connectivity index (χ0n) is 18.4. The summed E-state index contributed by atoms with van der Waals surface area (Å²) in [6, 6.07) is 9.30. The number of carbonyl (C=O) groups is 1. The molecule has 1 N–H and O–H groups in total. The Hall–Kier alpha value is -2.21. The Balaban J connectivity index is 1.23. The molecule has 7 rings (SSSR count). The largest absolute Gasteiger partial charge is 0.476 e. The highest BCUT2D eigenvalue weighted by Gasteiger charge is 2.58. The van der Waals surface area contributed by atoms with Crippen LogP contribution in [0.2, 0.25) is 0 Å². The summed E-state index contributed by atoms with van der Waals surface area (Å²) in [6.45, 7) is 0. The smallest absolute Gasteiger partial charge is 0.360 e. The van der Waals surface area contributed by atoms with Gasteiger partial charge in [-0.3, -0.25) is 9.69 Å². The molecule has 1 unspecified atom stereocenters. The van der Waals surface area contributed by atoms with Gasteiger partial charge in [0.15, 0.2) is 0 Å². The maximum atomic E-state index is 13.3. The van der Waals surface area contributed by atoms with Crippen molar-refractivity contribution in [2.24, 2.45) is 23.7 Å². The molecule has 0 spiro atoms. The van der Waals surface area contributed by atoms with E-state index in [1.54, 1.807) is 4.57 Å². The molecule has 2 saturated heterocycles. The fourth-order valence-corrected chi connectivity index (χ4v) is 8.66. The first-order valence-corrected chi connectivity index (χ1v) is 12.6. The third kappa shape index (κ3) is 2.65. The Kier molecular flexibility index (Phi) is 4.15. The van der Waals surface area contributed by atoms with Gasteiger partial charge in [-0.1, -0.05) is 18.6 Å². The Morgan fingerprint density at radius 1 is 0.875 bits per heavy atom. The van der Waals surface area contributed by atoms with Crippen LogP contribution in [0.4, 0.5) is 0 Å². The second kappa shape index (κ2) is 6.89. The van der Waals surface area contributed by atoms with Crippen molar-refractivity contribution in [1.29, 1.82) is 0 Å². The molecule has 1 aromatic heterocycles. The van der Waals surface area contributed by atoms with Crippen LogP contribution < -0.4 is 5.56 Å². The van der Waals surface area contributed by atoms with E-state index < -0.39 is 11.5 Å². The number of fused-ring (bicyclic) bond motifs is 3. The summed E-state index contributed by atoms with van der Waals surface area (Å²) in [5.74, 6) is 2.83. The number of hydrogen-bond acceptors (Lipinski definition) is 4. The van der Waals surface area contributed by atoms with Crippen molar-refractivity contribution in [2.45, 2.75) is 82.0 Å². The molecule has 168 valence electrons. The van der Waals surface area contributed by atoms with Crippen LogP contribution in [0.15, 0.2) is 29.1 Å². The quantitative estimate of drug-likeness (QED) is 0.789. The fraction of sp³-hybridized carbons (Fsp3) is 0.654. The molecule has 5 fully saturated rings. The molecule has 32 heavy (non-hydrogen) atoms. The van der Waals surface area contributed by atoms with Gasteiger partial charge in [0.1, 0.15) is 0 Å². The molecule has 5 aliphatic rings. The van der Waals surface area contributed by atoms with Crippen LogP contribution >= 0.6 is 0 Å². The van der Waals surface area contributed by atoms with Crippen LogP contribution in [-0.2, 0) is 0 Å². The Morgan fingerprint density at radius 2 is 1.53 bits per heavy atom. The predicted molar refractivity (Wildman–Crippen MR) is 121 cm³/mol. The Bertz CT molecular complexity index is 1130. The molecular weight excluding hydrogens is 402 g/mol. The predicted octanol–water partition coefficient (Wildman–Crippen LogP) is 4.09. The summed E-state index contributed by atoms with van der Waals surface area (Å²) in [5, 5.41) is 9.62. The van der Waals surface area contributed by atoms with Gasteiger partial charge in [0, 0.05) is 24.2 Å². The van der Waals surface area contributed by atoms with E-state index in [2.05, 4.69) is 9.88 Å². The standard InChI is InChI=1S/C26H31N3O3/c30-25-24(26(31)32)27-21-6-1-2-7-22(21)29(25)20-12-17-4-3-5-18(13-20)28(17)19-10-15-8-14-9-16(11-19)23(14)15/h1-2,6-7,14-20,23H,3-5,8-13H2,(H,31,32)/t14-,15+,16-,17-,18+,19+,20+,23?. The van der Waals surface area contributed by atoms with E-state index in [1.807, 2.05) is 24.3 Å². The van der Waals surface area contributed by atoms with Crippen molar-refractivity contribution in [1.82, 2.24) is 14.5 Å². The number of carboxylic acids is 1. The van der Waals surface area contributed by atoms with Crippen molar-refractivity contribution in [3.8, 4) is 0 Å². The highest BCUT2D eigenvalue weighted by molar-refractivity contribution is 5.88. The van der Waals surface area contributed by atoms with Crippen LogP contribution in [0.3, 0.4) is 0 Å². The number of carboxylic acid groups (broad SMARTS) is 1. The minimum absolute atomic E-state index is 0.0492. The zero-order valence-corrected chi connectivity index (χ0v) is 18.4. The lowest BCUT2D eigenvalue weighted by Gasteiger charge is -2.66. The van der Waals surface area contributed by atoms with E-state index in [-0.39, 0.29) is 11.7 Å². The lowest BCUT2D eigenvalue weighted by Crippen LogP contribution is -2.63. The number of hydrogen-bond donors (Lipinski definition) is 1. The van der Waals surface area contributed by atoms with Crippen LogP contribution in [0.25, 0.3) is 11.0 Å². The van der Waals surface area contributed by atoms with Gasteiger partial charge in [-0.15, -0.1) is 0 Å². The number of para-hydroxylation sites is 2. The summed E-state index contributed by atoms with van der Waals surface area (Å²) >= 11 is 0. The number of nitrogens with zero attached hydrogens (tertiary/aromatic N) is 3. The Morgan fingerprint density at radius 3 is 2.19 bits per heavy atom. The first kappa shape index (κ1) is 19.3. The average molecular weight is 434 g/mol. The third-order valence-electron chi connectivity index (χ3n) is 9.78. The van der Waals surface area contributed by atoms with E-state index in [9.17, 15) is 14.7 Å². The van der Waals surface area contributed by atoms with E-state index in [0.29, 0.717) is 17.6 Å². The van der Waals surface area contributed by atoms with Crippen LogP contribution in [0.5, 0.6) is 0 Å². The first-order valence-electron chi connectivity index (χ1n) is 12.6. The van der Waals surface area contributed by atoms with Gasteiger partial charge in [0.2, 0.25) is 5.69 Å². The Labute approximate surface area is 187 Å². The van der Waals surface area contributed by atoms with E-state index in [0.717, 1.165) is 48.1 Å². The van der Waals surface area contributed by atoms with Gasteiger partial charge in [0.05, 0.1) is 11.0 Å². The van der Waals surface area contributed by atoms with Crippen molar-refractivity contribution in [2.75, 3.05) is 0 Å². The van der Waals surface area contributed by atoms with E-state index >= 15 is 0 Å². The van der Waals surface area contributed by atoms with Gasteiger partial charge < -0.3 is 9.67 Å². The summed E-state index contributed by atoms with van der Waals surface area (Å²) < 4.78 is 1.79. The van der Waals surface area contributed by atoms with Crippen LogP contribution in [-0.4, -0.2) is 43.7 Å². The minimum Gasteiger partial charge on any atom is -0.476 e. The summed E-state index contributed by atoms with van der Waals surface area (Å²) in [4.78, 5) is 32.1. The second-order valence-electron chi connectivity index (χ2n) is 11.2. The molecule has 0 amide bonds. The molecule has 3 aliphatic carbocycles. The number of benzene rings is 1. The normalized spacial score (nSPS) is 40.2. The lowest BCUT2D eigenvalue weighted by molar-refractivity contribution is -0.159. The average Bonchev–Trinajstić information content (AvgIpc) is 2.73. The molecule has 6 heteroatoms. The molecule has 2 aliphatic heterocycles. The molecule has 2 bridgehead atoms. The fourth-order valence-electron chi connectivity index (χ4n) is 8.66. The molecule has 6 nitrogen and oxygen atoms in total. The number of aromatic nitrogens is 2. The van der Waals surface area contributed by atoms with Gasteiger partial charge in [0.25, 0.3) is 5.56 Å². The SMILES string of the molecule is O=C(O)c1nc2ccccc2n([C@H]2C[C@H]3CCC[C@@H](C2)N3[C@@H]2C[C@H]3C[C@H]4C[C@@H](C2)C43)c1=O. The van der Waals surface area contributed by atoms with E-state index in [1.165, 1.54) is 44.9 Å². The summed E-state index contributed by atoms with van der Waals surface area (Å²) in [5.41, 5.74) is 0.580. The highest BCUT2D eigenvalue weighted by Crippen LogP contribution is 2.64. The summed E-state index contributed by atoms with van der Waals surface area (Å²) in [6.07, 6.45) is 11.3. The van der Waals surface area contributed by atoms with Gasteiger partial charge in [-0.2, -0.15) is 0 Å². The van der Waals surface area contributed by atoms with Crippen molar-refractivity contribution < 1.29 is 9.90 Å². The second-order valence-corrected chi connectivity index (χ2v) is 11.2. The topological polar surface area (TPSA) is 75.4 Å². The molecular formula is C26H31N3O3. The molecule has 3 heterocycles. The molecule has 3 saturated carbocycles. The maximum Gasteiger partial charge on any atom is 0.360 e. The number of piperidine rings is 2. The highest BCUT2D eigenvalue weighted by atomic mass is 16.4. The first-order chi connectivity index (χ1) is 15.6. The monoisotopic (exact) mass is 433 g/mol.